The van der Waals surface area contributed by atoms with Crippen molar-refractivity contribution in [1.82, 2.24) is 4.90 Å². The van der Waals surface area contributed by atoms with Gasteiger partial charge >= 0.3 is 0 Å². The number of methoxy groups -OCH3 is 1. The lowest BCUT2D eigenvalue weighted by atomic mass is 9.97. The van der Waals surface area contributed by atoms with Crippen molar-refractivity contribution in [2.24, 2.45) is 5.92 Å². The number of para-hydroxylation sites is 1. The number of benzene rings is 2. The fourth-order valence-corrected chi connectivity index (χ4v) is 3.57. The van der Waals surface area contributed by atoms with Crippen LogP contribution in [-0.2, 0) is 9.59 Å². The second kappa shape index (κ2) is 10.7. The number of nitrogens with one attached hydrogen (secondary N) is 1. The Kier molecular flexibility index (Phi) is 7.70. The van der Waals surface area contributed by atoms with Crippen molar-refractivity contribution in [2.45, 2.75) is 32.8 Å². The summed E-state index contributed by atoms with van der Waals surface area (Å²) >= 11 is 0. The first-order valence-corrected chi connectivity index (χ1v) is 10.6. The van der Waals surface area contributed by atoms with Crippen molar-refractivity contribution in [3.63, 3.8) is 0 Å². The molecule has 0 spiro atoms. The van der Waals surface area contributed by atoms with E-state index < -0.39 is 0 Å². The molecule has 6 nitrogen and oxygen atoms in total. The fourth-order valence-electron chi connectivity index (χ4n) is 3.57. The van der Waals surface area contributed by atoms with E-state index >= 15 is 0 Å². The van der Waals surface area contributed by atoms with Gasteiger partial charge in [-0.1, -0.05) is 24.3 Å². The average Bonchev–Trinajstić information content (AvgIpc) is 2.78. The maximum Gasteiger partial charge on any atom is 0.246 e. The molecule has 1 saturated heterocycles. The van der Waals surface area contributed by atoms with Gasteiger partial charge in [-0.05, 0) is 62.6 Å². The molecule has 3 rings (SSSR count). The number of hydrogen-bond donors (Lipinski definition) is 1. The predicted octanol–water partition coefficient (Wildman–Crippen LogP) is 4.37. The Morgan fingerprint density at radius 1 is 1.13 bits per heavy atom. The van der Waals surface area contributed by atoms with Crippen molar-refractivity contribution >= 4 is 23.6 Å². The number of nitrogens with zero attached hydrogens (tertiary/aromatic N) is 1. The van der Waals surface area contributed by atoms with Crippen LogP contribution in [0.25, 0.3) is 6.08 Å². The monoisotopic (exact) mass is 422 g/mol. The van der Waals surface area contributed by atoms with Gasteiger partial charge in [-0.3, -0.25) is 9.59 Å². The summed E-state index contributed by atoms with van der Waals surface area (Å²) in [5.74, 6) is 0.943. The van der Waals surface area contributed by atoms with E-state index in [-0.39, 0.29) is 23.8 Å². The Morgan fingerprint density at radius 2 is 1.90 bits per heavy atom. The average molecular weight is 423 g/mol. The molecule has 1 aliphatic heterocycles. The van der Waals surface area contributed by atoms with Gasteiger partial charge in [0.25, 0.3) is 0 Å². The van der Waals surface area contributed by atoms with Crippen LogP contribution in [0.15, 0.2) is 54.6 Å². The smallest absolute Gasteiger partial charge is 0.246 e. The highest BCUT2D eigenvalue weighted by Crippen LogP contribution is 2.29. The first kappa shape index (κ1) is 22.4. The number of hydrogen-bond acceptors (Lipinski definition) is 4. The van der Waals surface area contributed by atoms with Crippen molar-refractivity contribution in [3.05, 3.63) is 60.2 Å². The lowest BCUT2D eigenvalue weighted by Gasteiger charge is -2.31. The van der Waals surface area contributed by atoms with Gasteiger partial charge < -0.3 is 19.7 Å². The molecule has 1 N–H and O–H groups in total. The van der Waals surface area contributed by atoms with Crippen molar-refractivity contribution in [3.8, 4) is 11.5 Å². The molecule has 1 atom stereocenters. The molecule has 1 heterocycles. The second-order valence-electron chi connectivity index (χ2n) is 7.89. The minimum Gasteiger partial charge on any atom is -0.493 e. The largest absolute Gasteiger partial charge is 0.493 e. The molecule has 0 saturated carbocycles. The van der Waals surface area contributed by atoms with Gasteiger partial charge in [0.05, 0.1) is 19.1 Å². The topological polar surface area (TPSA) is 67.9 Å². The van der Waals surface area contributed by atoms with Gasteiger partial charge in [0.2, 0.25) is 11.8 Å². The van der Waals surface area contributed by atoms with Crippen molar-refractivity contribution < 1.29 is 19.1 Å². The van der Waals surface area contributed by atoms with E-state index in [4.69, 9.17) is 9.47 Å². The number of anilines is 1. The summed E-state index contributed by atoms with van der Waals surface area (Å²) in [6.07, 6.45) is 4.94. The fraction of sp³-hybridized carbons (Fsp3) is 0.360. The number of likely N-dealkylation sites (tertiary alicyclic amines) is 1. The molecule has 0 bridgehead atoms. The summed E-state index contributed by atoms with van der Waals surface area (Å²) < 4.78 is 11.1. The number of carbonyl (C=O) groups is 2. The Morgan fingerprint density at radius 3 is 2.61 bits per heavy atom. The molecule has 31 heavy (non-hydrogen) atoms. The first-order chi connectivity index (χ1) is 15.0. The van der Waals surface area contributed by atoms with Crippen LogP contribution in [0.2, 0.25) is 0 Å². The van der Waals surface area contributed by atoms with E-state index in [1.807, 2.05) is 62.4 Å². The Hall–Kier alpha value is -3.28. The van der Waals surface area contributed by atoms with Gasteiger partial charge in [-0.2, -0.15) is 0 Å². The van der Waals surface area contributed by atoms with Crippen molar-refractivity contribution in [2.75, 3.05) is 25.5 Å². The highest BCUT2D eigenvalue weighted by molar-refractivity contribution is 5.95. The standard InChI is InChI=1S/C25H30N2O4/c1-18(2)31-22-13-11-19(16-23(22)30-3)12-14-24(28)27-15-7-8-20(17-27)25(29)26-21-9-5-4-6-10-21/h4-6,9-14,16,18,20H,7-8,15,17H2,1-3H3,(H,26,29). The van der Waals surface area contributed by atoms with Crippen LogP contribution < -0.4 is 14.8 Å². The third-order valence-electron chi connectivity index (χ3n) is 5.11. The number of carbonyl (C=O) groups excluding carboxylic acids is 2. The SMILES string of the molecule is COc1cc(C=CC(=O)N2CCCC(C(=O)Nc3ccccc3)C2)ccc1OC(C)C. The van der Waals surface area contributed by atoms with E-state index in [2.05, 4.69) is 5.32 Å². The Bertz CT molecular complexity index is 924. The van der Waals surface area contributed by atoms with Gasteiger partial charge in [0.15, 0.2) is 11.5 Å². The zero-order chi connectivity index (χ0) is 22.2. The number of ether oxygens (including phenoxy) is 2. The summed E-state index contributed by atoms with van der Waals surface area (Å²) in [6, 6.07) is 15.0. The molecule has 0 radical (unpaired) electrons. The normalized spacial score (nSPS) is 16.4. The lowest BCUT2D eigenvalue weighted by Crippen LogP contribution is -2.43. The summed E-state index contributed by atoms with van der Waals surface area (Å²) in [6.45, 7) is 4.99. The molecule has 0 aromatic heterocycles. The van der Waals surface area contributed by atoms with Gasteiger partial charge in [0, 0.05) is 24.9 Å². The van der Waals surface area contributed by atoms with Gasteiger partial charge in [0.1, 0.15) is 0 Å². The maximum atomic E-state index is 12.7. The highest BCUT2D eigenvalue weighted by Gasteiger charge is 2.27. The predicted molar refractivity (Wildman–Crippen MR) is 122 cm³/mol. The second-order valence-corrected chi connectivity index (χ2v) is 7.89. The molecule has 6 heteroatoms. The van der Waals surface area contributed by atoms with Crippen LogP contribution >= 0.6 is 0 Å². The summed E-state index contributed by atoms with van der Waals surface area (Å²) in [7, 11) is 1.59. The van der Waals surface area contributed by atoms with E-state index in [0.29, 0.717) is 24.6 Å². The number of piperidine rings is 1. The number of rotatable bonds is 7. The van der Waals surface area contributed by atoms with Crippen LogP contribution in [0.3, 0.4) is 0 Å². The van der Waals surface area contributed by atoms with Crippen LogP contribution in [0.5, 0.6) is 11.5 Å². The molecular formula is C25H30N2O4. The molecule has 0 aliphatic carbocycles. The molecule has 164 valence electrons. The zero-order valence-electron chi connectivity index (χ0n) is 18.3. The van der Waals surface area contributed by atoms with Crippen molar-refractivity contribution in [1.29, 1.82) is 0 Å². The third kappa shape index (κ3) is 6.35. The molecule has 2 amide bonds. The zero-order valence-corrected chi connectivity index (χ0v) is 18.3. The van der Waals surface area contributed by atoms with E-state index in [1.165, 1.54) is 0 Å². The number of amides is 2. The van der Waals surface area contributed by atoms with Crippen LogP contribution in [0, 0.1) is 5.92 Å². The molecular weight excluding hydrogens is 392 g/mol. The minimum atomic E-state index is -0.209. The molecule has 2 aromatic rings. The third-order valence-corrected chi connectivity index (χ3v) is 5.11. The molecule has 1 fully saturated rings. The van der Waals surface area contributed by atoms with Crippen LogP contribution in [0.1, 0.15) is 32.3 Å². The lowest BCUT2D eigenvalue weighted by molar-refractivity contribution is -0.130. The van der Waals surface area contributed by atoms with Crippen LogP contribution in [-0.4, -0.2) is 43.0 Å². The molecule has 1 unspecified atom stereocenters. The first-order valence-electron chi connectivity index (χ1n) is 10.6. The van der Waals surface area contributed by atoms with E-state index in [1.54, 1.807) is 24.2 Å². The van der Waals surface area contributed by atoms with Gasteiger partial charge in [-0.25, -0.2) is 0 Å². The Balaban J connectivity index is 1.60. The summed E-state index contributed by atoms with van der Waals surface area (Å²) in [4.78, 5) is 27.1. The minimum absolute atomic E-state index is 0.0434. The van der Waals surface area contributed by atoms with E-state index in [0.717, 1.165) is 24.1 Å². The maximum absolute atomic E-state index is 12.7. The quantitative estimate of drug-likeness (QED) is 0.673. The molecule has 1 aliphatic rings. The molecule has 2 aromatic carbocycles. The highest BCUT2D eigenvalue weighted by atomic mass is 16.5. The summed E-state index contributed by atoms with van der Waals surface area (Å²) in [5, 5.41) is 2.94. The van der Waals surface area contributed by atoms with Gasteiger partial charge in [-0.15, -0.1) is 0 Å². The van der Waals surface area contributed by atoms with E-state index in [9.17, 15) is 9.59 Å². The van der Waals surface area contributed by atoms with Crippen LogP contribution in [0.4, 0.5) is 5.69 Å². The Labute approximate surface area is 183 Å². The summed E-state index contributed by atoms with van der Waals surface area (Å²) in [5.41, 5.74) is 1.62.